The molecule has 0 saturated heterocycles. The van der Waals surface area contributed by atoms with Crippen LogP contribution in [0.25, 0.3) is 0 Å². The number of hydrogen-bond acceptors (Lipinski definition) is 0. The predicted octanol–water partition coefficient (Wildman–Crippen LogP) is 3.71. The Balaban J connectivity index is 3.05. The van der Waals surface area contributed by atoms with Gasteiger partial charge in [0.25, 0.3) is 0 Å². The zero-order valence-corrected chi connectivity index (χ0v) is 12.0. The van der Waals surface area contributed by atoms with Crippen molar-refractivity contribution < 1.29 is 0 Å². The molecule has 1 heteroatoms. The molecule has 0 aliphatic heterocycles. The zero-order valence-electron chi connectivity index (χ0n) is 9.93. The summed E-state index contributed by atoms with van der Waals surface area (Å²) in [6, 6.07) is 9.31. The van der Waals surface area contributed by atoms with E-state index in [1.165, 1.54) is 21.3 Å². The molecule has 0 saturated carbocycles. The molecule has 0 fully saturated rings. The van der Waals surface area contributed by atoms with Crippen LogP contribution in [0.5, 0.6) is 0 Å². The number of hydrogen-bond donors (Lipinski definition) is 0. The van der Waals surface area contributed by atoms with E-state index in [2.05, 4.69) is 52.0 Å². The molecule has 14 heavy (non-hydrogen) atoms. The van der Waals surface area contributed by atoms with Crippen LogP contribution < -0.4 is 4.40 Å². The SMILES string of the molecule is C[CH2][Ge]([CH2]C)([CH2]C)[c]1ccc(C)cc1. The topological polar surface area (TPSA) is 0 Å². The second kappa shape index (κ2) is 5.02. The first kappa shape index (κ1) is 11.8. The third-order valence-corrected chi connectivity index (χ3v) is 15.5. The maximum atomic E-state index is 2.38. The van der Waals surface area contributed by atoms with E-state index in [0.717, 1.165) is 0 Å². The van der Waals surface area contributed by atoms with Crippen molar-refractivity contribution in [1.29, 1.82) is 0 Å². The average Bonchev–Trinajstić information content (AvgIpc) is 2.24. The Morgan fingerprint density at radius 3 is 1.64 bits per heavy atom. The molecule has 0 aliphatic rings. The van der Waals surface area contributed by atoms with Crippen LogP contribution in [-0.4, -0.2) is 13.3 Å². The minimum atomic E-state index is -1.65. The first-order valence-corrected chi connectivity index (χ1v) is 11.3. The summed E-state index contributed by atoms with van der Waals surface area (Å²) in [5.74, 6) is 0. The predicted molar refractivity (Wildman–Crippen MR) is 68.0 cm³/mol. The van der Waals surface area contributed by atoms with Crippen molar-refractivity contribution >= 4 is 17.7 Å². The molecule has 0 aliphatic carbocycles. The molecule has 78 valence electrons. The van der Waals surface area contributed by atoms with Crippen molar-refractivity contribution in [2.45, 2.75) is 43.5 Å². The molecule has 0 atom stereocenters. The van der Waals surface area contributed by atoms with Crippen LogP contribution in [0, 0.1) is 6.92 Å². The van der Waals surface area contributed by atoms with Gasteiger partial charge in [0.05, 0.1) is 0 Å². The van der Waals surface area contributed by atoms with E-state index < -0.39 is 13.3 Å². The number of benzene rings is 1. The second-order valence-electron chi connectivity index (χ2n) is 4.21. The van der Waals surface area contributed by atoms with E-state index in [-0.39, 0.29) is 0 Å². The van der Waals surface area contributed by atoms with Gasteiger partial charge in [-0.2, -0.15) is 0 Å². The van der Waals surface area contributed by atoms with Crippen molar-refractivity contribution in [2.24, 2.45) is 0 Å². The summed E-state index contributed by atoms with van der Waals surface area (Å²) in [4.78, 5) is 0. The Hall–Kier alpha value is -0.237. The van der Waals surface area contributed by atoms with Crippen molar-refractivity contribution in [1.82, 2.24) is 0 Å². The van der Waals surface area contributed by atoms with Crippen molar-refractivity contribution in [3.05, 3.63) is 29.8 Å². The molecule has 0 N–H and O–H groups in total. The van der Waals surface area contributed by atoms with Crippen molar-refractivity contribution in [2.75, 3.05) is 0 Å². The van der Waals surface area contributed by atoms with Crippen LogP contribution >= 0.6 is 0 Å². The summed E-state index contributed by atoms with van der Waals surface area (Å²) in [5, 5.41) is 4.28. The first-order valence-electron chi connectivity index (χ1n) is 5.75. The second-order valence-corrected chi connectivity index (χ2v) is 15.2. The van der Waals surface area contributed by atoms with Gasteiger partial charge in [-0.15, -0.1) is 0 Å². The minimum absolute atomic E-state index is 1.38. The van der Waals surface area contributed by atoms with Gasteiger partial charge in [0.2, 0.25) is 0 Å². The molecule has 0 radical (unpaired) electrons. The van der Waals surface area contributed by atoms with Gasteiger partial charge < -0.3 is 0 Å². The molecule has 0 bridgehead atoms. The number of rotatable bonds is 4. The summed E-state index contributed by atoms with van der Waals surface area (Å²) in [6.07, 6.45) is 0. The van der Waals surface area contributed by atoms with Crippen LogP contribution in [-0.2, 0) is 0 Å². The van der Waals surface area contributed by atoms with Crippen LogP contribution in [0.2, 0.25) is 15.8 Å². The Kier molecular flexibility index (Phi) is 4.24. The zero-order chi connectivity index (χ0) is 10.6. The molecular formula is C13H22Ge. The summed E-state index contributed by atoms with van der Waals surface area (Å²) in [6.45, 7) is 9.31. The van der Waals surface area contributed by atoms with Gasteiger partial charge in [0.1, 0.15) is 0 Å². The van der Waals surface area contributed by atoms with E-state index in [1.54, 1.807) is 4.40 Å². The molecule has 1 aromatic carbocycles. The summed E-state index contributed by atoms with van der Waals surface area (Å²) < 4.78 is 1.70. The fourth-order valence-corrected chi connectivity index (χ4v) is 9.82. The Labute approximate surface area is 91.1 Å². The summed E-state index contributed by atoms with van der Waals surface area (Å²) >= 11 is -1.65. The molecule has 0 aromatic heterocycles. The van der Waals surface area contributed by atoms with Gasteiger partial charge >= 0.3 is 90.9 Å². The van der Waals surface area contributed by atoms with Crippen molar-refractivity contribution in [3.63, 3.8) is 0 Å². The molecule has 0 nitrogen and oxygen atoms in total. The van der Waals surface area contributed by atoms with E-state index >= 15 is 0 Å². The van der Waals surface area contributed by atoms with Gasteiger partial charge in [-0.05, 0) is 0 Å². The van der Waals surface area contributed by atoms with Gasteiger partial charge in [0, 0.05) is 0 Å². The van der Waals surface area contributed by atoms with Crippen LogP contribution in [0.4, 0.5) is 0 Å². The summed E-state index contributed by atoms with van der Waals surface area (Å²) in [5.41, 5.74) is 1.38. The molecule has 0 spiro atoms. The fourth-order valence-electron chi connectivity index (χ4n) is 2.27. The molecule has 0 amide bonds. The van der Waals surface area contributed by atoms with Gasteiger partial charge in [-0.25, -0.2) is 0 Å². The third kappa shape index (κ3) is 2.22. The normalized spacial score (nSPS) is 11.7. The molecule has 1 aromatic rings. The monoisotopic (exact) mass is 252 g/mol. The van der Waals surface area contributed by atoms with Crippen LogP contribution in [0.1, 0.15) is 26.3 Å². The maximum absolute atomic E-state index is 2.38. The van der Waals surface area contributed by atoms with E-state index in [0.29, 0.717) is 0 Å². The fraction of sp³-hybridized carbons (Fsp3) is 0.538. The summed E-state index contributed by atoms with van der Waals surface area (Å²) in [7, 11) is 0. The van der Waals surface area contributed by atoms with Crippen LogP contribution in [0.3, 0.4) is 0 Å². The third-order valence-electron chi connectivity index (χ3n) is 3.69. The van der Waals surface area contributed by atoms with Gasteiger partial charge in [-0.1, -0.05) is 0 Å². The standard InChI is InChI=1S/C13H22Ge/c1-5-14(6-2,7-3)13-10-8-12(4)9-11-13/h8-11H,5-7H2,1-4H3. The molecule has 1 rings (SSSR count). The average molecular weight is 251 g/mol. The number of aryl methyl sites for hydroxylation is 1. The quantitative estimate of drug-likeness (QED) is 0.715. The molecule has 0 heterocycles. The first-order chi connectivity index (χ1) is 6.68. The van der Waals surface area contributed by atoms with Gasteiger partial charge in [0.15, 0.2) is 0 Å². The molecular weight excluding hydrogens is 229 g/mol. The molecule has 0 unspecified atom stereocenters. The van der Waals surface area contributed by atoms with E-state index in [9.17, 15) is 0 Å². The Morgan fingerprint density at radius 1 is 0.857 bits per heavy atom. The van der Waals surface area contributed by atoms with Crippen molar-refractivity contribution in [3.8, 4) is 0 Å². The Bertz CT molecular complexity index is 262. The van der Waals surface area contributed by atoms with E-state index in [4.69, 9.17) is 0 Å². The Morgan fingerprint density at radius 2 is 1.29 bits per heavy atom. The van der Waals surface area contributed by atoms with E-state index in [1.807, 2.05) is 0 Å². The van der Waals surface area contributed by atoms with Crippen LogP contribution in [0.15, 0.2) is 24.3 Å². The van der Waals surface area contributed by atoms with Gasteiger partial charge in [-0.3, -0.25) is 0 Å².